The summed E-state index contributed by atoms with van der Waals surface area (Å²) in [6.07, 6.45) is -2.31. The predicted molar refractivity (Wildman–Crippen MR) is 181 cm³/mol. The maximum Gasteiger partial charge on any atom is 0.303 e. The zero-order valence-electron chi connectivity index (χ0n) is 25.3. The fourth-order valence-electron chi connectivity index (χ4n) is 5.71. The molecule has 0 radical (unpaired) electrons. The van der Waals surface area contributed by atoms with Crippen LogP contribution in [0.1, 0.15) is 77.7 Å². The van der Waals surface area contributed by atoms with Gasteiger partial charge in [-0.05, 0) is 48.2 Å². The van der Waals surface area contributed by atoms with Gasteiger partial charge in [0.1, 0.15) is 24.4 Å². The zero-order valence-corrected chi connectivity index (χ0v) is 30.8. The van der Waals surface area contributed by atoms with Crippen LogP contribution < -0.4 is 0 Å². The molecule has 43 heavy (non-hydrogen) atoms. The lowest BCUT2D eigenvalue weighted by Crippen LogP contribution is -2.52. The van der Waals surface area contributed by atoms with Gasteiger partial charge in [-0.15, -0.1) is 24.0 Å². The summed E-state index contributed by atoms with van der Waals surface area (Å²) in [7, 11) is 0. The Bertz CT molecular complexity index is 1200. The standard InChI is InChI=1S/C18H23BrO5.C14H19BrO3.HI/c1-5-15-10(2)16(22-11(3)20)18(23-12(4)21)17(24-15)13-7-6-8-14(19)9-13;1-3-11-8(2)12(16)13(17)14(18-11)9-5-4-6-10(15)7-9;/h6-10,15-18H,5H2,1-4H3;4-8,11-14,16-17H,3H2,1-2H3;1H/t10-,15-,16+,17-,18+;8-,11-,12+,13+,14-;/m11./s1. The lowest BCUT2D eigenvalue weighted by molar-refractivity contribution is -0.225. The number of hydrogen-bond donors (Lipinski definition) is 2. The number of carbonyl (C=O) groups is 2. The zero-order chi connectivity index (χ0) is 31.1. The number of rotatable bonds is 6. The second-order valence-corrected chi connectivity index (χ2v) is 12.8. The largest absolute Gasteiger partial charge is 0.458 e. The molecule has 2 aromatic carbocycles. The van der Waals surface area contributed by atoms with E-state index in [0.717, 1.165) is 32.9 Å². The highest BCUT2D eigenvalue weighted by atomic mass is 127. The summed E-state index contributed by atoms with van der Waals surface area (Å²) in [5.41, 5.74) is 1.76. The summed E-state index contributed by atoms with van der Waals surface area (Å²) in [5, 5.41) is 20.3. The quantitative estimate of drug-likeness (QED) is 0.235. The van der Waals surface area contributed by atoms with Crippen molar-refractivity contribution >= 4 is 67.8 Å². The van der Waals surface area contributed by atoms with Crippen LogP contribution in [0.4, 0.5) is 0 Å². The van der Waals surface area contributed by atoms with Gasteiger partial charge in [-0.2, -0.15) is 0 Å². The average molecular weight is 842 g/mol. The summed E-state index contributed by atoms with van der Waals surface area (Å²) < 4.78 is 25.1. The molecule has 2 aliphatic heterocycles. The summed E-state index contributed by atoms with van der Waals surface area (Å²) >= 11 is 6.86. The van der Waals surface area contributed by atoms with E-state index < -0.39 is 48.6 Å². The van der Waals surface area contributed by atoms with Crippen molar-refractivity contribution in [1.29, 1.82) is 0 Å². The molecule has 2 heterocycles. The minimum Gasteiger partial charge on any atom is -0.458 e. The molecule has 0 aliphatic carbocycles. The number of hydrogen-bond acceptors (Lipinski definition) is 8. The number of carbonyl (C=O) groups excluding carboxylic acids is 2. The van der Waals surface area contributed by atoms with Crippen molar-refractivity contribution in [2.45, 2.75) is 103 Å². The van der Waals surface area contributed by atoms with Crippen LogP contribution in [0.15, 0.2) is 57.5 Å². The van der Waals surface area contributed by atoms with Crippen LogP contribution in [0.25, 0.3) is 0 Å². The molecule has 2 aliphatic rings. The average Bonchev–Trinajstić information content (AvgIpc) is 2.94. The topological polar surface area (TPSA) is 112 Å². The predicted octanol–water partition coefficient (Wildman–Crippen LogP) is 7.07. The summed E-state index contributed by atoms with van der Waals surface area (Å²) in [5.74, 6) is -0.947. The number of ether oxygens (including phenoxy) is 4. The highest BCUT2D eigenvalue weighted by molar-refractivity contribution is 14.0. The molecule has 2 fully saturated rings. The van der Waals surface area contributed by atoms with Crippen molar-refractivity contribution in [2.75, 3.05) is 0 Å². The summed E-state index contributed by atoms with van der Waals surface area (Å²) in [4.78, 5) is 23.2. The van der Waals surface area contributed by atoms with E-state index in [-0.39, 0.29) is 48.0 Å². The fraction of sp³-hybridized carbons (Fsp3) is 0.562. The van der Waals surface area contributed by atoms with Crippen LogP contribution in [0.3, 0.4) is 0 Å². The van der Waals surface area contributed by atoms with Crippen LogP contribution >= 0.6 is 55.8 Å². The van der Waals surface area contributed by atoms with Gasteiger partial charge in [0.2, 0.25) is 0 Å². The molecule has 0 bridgehead atoms. The molecule has 0 amide bonds. The molecule has 0 unspecified atom stereocenters. The smallest absolute Gasteiger partial charge is 0.303 e. The first-order valence-electron chi connectivity index (χ1n) is 14.4. The molecule has 2 aromatic rings. The first-order chi connectivity index (χ1) is 19.9. The van der Waals surface area contributed by atoms with Gasteiger partial charge in [-0.25, -0.2) is 0 Å². The second-order valence-electron chi connectivity index (χ2n) is 11.0. The van der Waals surface area contributed by atoms with Gasteiger partial charge in [0.15, 0.2) is 6.10 Å². The Morgan fingerprint density at radius 3 is 1.65 bits per heavy atom. The Hall–Kier alpha value is -1.09. The maximum atomic E-state index is 11.6. The van der Waals surface area contributed by atoms with Crippen molar-refractivity contribution in [1.82, 2.24) is 0 Å². The minimum atomic E-state index is -0.878. The Morgan fingerprint density at radius 1 is 0.744 bits per heavy atom. The first-order valence-corrected chi connectivity index (χ1v) is 16.0. The maximum absolute atomic E-state index is 11.6. The van der Waals surface area contributed by atoms with Crippen molar-refractivity contribution < 1.29 is 38.7 Å². The van der Waals surface area contributed by atoms with Crippen molar-refractivity contribution in [3.63, 3.8) is 0 Å². The number of halogens is 3. The monoisotopic (exact) mass is 840 g/mol. The van der Waals surface area contributed by atoms with E-state index in [1.54, 1.807) is 0 Å². The van der Waals surface area contributed by atoms with E-state index in [9.17, 15) is 19.8 Å². The summed E-state index contributed by atoms with van der Waals surface area (Å²) in [6, 6.07) is 15.3. The third-order valence-corrected chi connectivity index (χ3v) is 8.90. The molecule has 2 saturated heterocycles. The van der Waals surface area contributed by atoms with Crippen LogP contribution in [0, 0.1) is 11.8 Å². The molecule has 240 valence electrons. The third kappa shape index (κ3) is 9.95. The highest BCUT2D eigenvalue weighted by Crippen LogP contribution is 2.40. The van der Waals surface area contributed by atoms with E-state index >= 15 is 0 Å². The van der Waals surface area contributed by atoms with Gasteiger partial charge >= 0.3 is 11.9 Å². The summed E-state index contributed by atoms with van der Waals surface area (Å²) in [6.45, 7) is 10.6. The molecule has 8 nitrogen and oxygen atoms in total. The van der Waals surface area contributed by atoms with E-state index in [0.29, 0.717) is 0 Å². The molecule has 2 N–H and O–H groups in total. The van der Waals surface area contributed by atoms with Crippen molar-refractivity contribution in [3.8, 4) is 0 Å². The second kappa shape index (κ2) is 17.6. The fourth-order valence-corrected chi connectivity index (χ4v) is 6.54. The minimum absolute atomic E-state index is 0. The van der Waals surface area contributed by atoms with Gasteiger partial charge in [0, 0.05) is 34.6 Å². The highest BCUT2D eigenvalue weighted by Gasteiger charge is 2.48. The SMILES string of the molecule is CC[C@H]1O[C@H](c2cccc(Br)c2)[C@@H](O)[C@@H](O)[C@@H]1C.CC[C@H]1O[C@H](c2cccc(Br)c2)[C@@H](OC(C)=O)[C@@H](OC(C)=O)[C@@H]1C.I. The Kier molecular flexibility index (Phi) is 15.6. The van der Waals surface area contributed by atoms with E-state index in [1.807, 2.05) is 76.2 Å². The molecule has 10 atom stereocenters. The van der Waals surface area contributed by atoms with Crippen LogP contribution in [-0.2, 0) is 28.5 Å². The molecular formula is C32H43Br2IO8. The number of benzene rings is 2. The molecule has 0 spiro atoms. The van der Waals surface area contributed by atoms with Gasteiger partial charge in [0.05, 0.1) is 18.3 Å². The lowest BCUT2D eigenvalue weighted by atomic mass is 9.84. The van der Waals surface area contributed by atoms with Crippen LogP contribution in [-0.4, -0.2) is 58.8 Å². The Labute approximate surface area is 288 Å². The van der Waals surface area contributed by atoms with Crippen LogP contribution in [0.5, 0.6) is 0 Å². The number of esters is 2. The molecule has 0 aromatic heterocycles. The van der Waals surface area contributed by atoms with Gasteiger partial charge in [-0.1, -0.05) is 83.8 Å². The Balaban J connectivity index is 0.000000304. The van der Waals surface area contributed by atoms with E-state index in [2.05, 4.69) is 31.9 Å². The van der Waals surface area contributed by atoms with E-state index in [1.165, 1.54) is 13.8 Å². The molecule has 0 saturated carbocycles. The molecule has 4 rings (SSSR count). The van der Waals surface area contributed by atoms with E-state index in [4.69, 9.17) is 18.9 Å². The Morgan fingerprint density at radius 2 is 1.19 bits per heavy atom. The van der Waals surface area contributed by atoms with Gasteiger partial charge in [-0.3, -0.25) is 9.59 Å². The number of aliphatic hydroxyl groups excluding tert-OH is 2. The molecule has 11 heteroatoms. The first kappa shape index (κ1) is 38.1. The third-order valence-electron chi connectivity index (χ3n) is 7.92. The molecular weight excluding hydrogens is 799 g/mol. The lowest BCUT2D eigenvalue weighted by Gasteiger charge is -2.44. The van der Waals surface area contributed by atoms with Crippen LogP contribution in [0.2, 0.25) is 0 Å². The van der Waals surface area contributed by atoms with Crippen molar-refractivity contribution in [3.05, 3.63) is 68.6 Å². The normalized spacial score (nSPS) is 32.0. The van der Waals surface area contributed by atoms with Gasteiger partial charge < -0.3 is 29.2 Å². The van der Waals surface area contributed by atoms with Crippen molar-refractivity contribution in [2.24, 2.45) is 11.8 Å². The number of aliphatic hydroxyl groups is 2. The van der Waals surface area contributed by atoms with Gasteiger partial charge in [0.25, 0.3) is 0 Å².